The Morgan fingerprint density at radius 2 is 2.14 bits per heavy atom. The number of hydrogen-bond donors (Lipinski definition) is 2. The van der Waals surface area contributed by atoms with Crippen LogP contribution in [0.1, 0.15) is 51.3 Å². The minimum Gasteiger partial charge on any atom is -0.496 e. The van der Waals surface area contributed by atoms with Gasteiger partial charge in [-0.05, 0) is 49.2 Å². The number of nitrogens with zero attached hydrogens (tertiary/aromatic N) is 1. The van der Waals surface area contributed by atoms with Crippen molar-refractivity contribution in [2.45, 2.75) is 50.5 Å². The SMILES string of the molecule is CC/C=C\C(C)=C/CNC(=NC)Sc1ccc2c(c1)C(C)(C)C1COc3cccc(OC)c3C1N2. The van der Waals surface area contributed by atoms with Gasteiger partial charge in [-0.1, -0.05) is 62.4 Å². The number of thioether (sulfide) groups is 1. The van der Waals surface area contributed by atoms with Gasteiger partial charge in [-0.2, -0.15) is 0 Å². The molecule has 0 radical (unpaired) electrons. The van der Waals surface area contributed by atoms with Gasteiger partial charge in [0.25, 0.3) is 0 Å². The molecule has 0 aromatic heterocycles. The van der Waals surface area contributed by atoms with Crippen LogP contribution in [0.4, 0.5) is 5.69 Å². The smallest absolute Gasteiger partial charge is 0.161 e. The van der Waals surface area contributed by atoms with E-state index in [4.69, 9.17) is 9.47 Å². The maximum Gasteiger partial charge on any atom is 0.161 e. The first-order chi connectivity index (χ1) is 16.9. The average molecular weight is 492 g/mol. The Labute approximate surface area is 214 Å². The van der Waals surface area contributed by atoms with Gasteiger partial charge in [0.05, 0.1) is 25.3 Å². The Morgan fingerprint density at radius 1 is 1.31 bits per heavy atom. The summed E-state index contributed by atoms with van der Waals surface area (Å²) in [4.78, 5) is 5.64. The minimum atomic E-state index is -0.0806. The summed E-state index contributed by atoms with van der Waals surface area (Å²) in [7, 11) is 3.56. The lowest BCUT2D eigenvalue weighted by atomic mass is 9.65. The van der Waals surface area contributed by atoms with E-state index in [1.165, 1.54) is 21.7 Å². The number of allylic oxidation sites excluding steroid dienone is 3. The van der Waals surface area contributed by atoms with Crippen molar-refractivity contribution in [1.29, 1.82) is 0 Å². The lowest BCUT2D eigenvalue weighted by Gasteiger charge is -2.48. The third-order valence-corrected chi connectivity index (χ3v) is 8.02. The lowest BCUT2D eigenvalue weighted by Crippen LogP contribution is -2.46. The zero-order valence-electron chi connectivity index (χ0n) is 21.6. The van der Waals surface area contributed by atoms with Crippen molar-refractivity contribution in [2.24, 2.45) is 10.9 Å². The number of anilines is 1. The molecule has 186 valence electrons. The molecule has 0 saturated carbocycles. The van der Waals surface area contributed by atoms with Gasteiger partial charge in [0.2, 0.25) is 0 Å². The van der Waals surface area contributed by atoms with Crippen molar-refractivity contribution < 1.29 is 9.47 Å². The van der Waals surface area contributed by atoms with Gasteiger partial charge in [0, 0.05) is 35.5 Å². The van der Waals surface area contributed by atoms with Gasteiger partial charge in [-0.3, -0.25) is 4.99 Å². The maximum absolute atomic E-state index is 6.22. The highest BCUT2D eigenvalue weighted by Crippen LogP contribution is 2.54. The molecule has 2 aliphatic heterocycles. The molecule has 5 nitrogen and oxygen atoms in total. The Hall–Kier alpha value is -2.86. The van der Waals surface area contributed by atoms with E-state index in [0.29, 0.717) is 6.61 Å². The van der Waals surface area contributed by atoms with Crippen LogP contribution in [0.15, 0.2) is 70.1 Å². The average Bonchev–Trinajstić information content (AvgIpc) is 2.86. The van der Waals surface area contributed by atoms with E-state index in [-0.39, 0.29) is 17.4 Å². The summed E-state index contributed by atoms with van der Waals surface area (Å²) in [5.74, 6) is 2.06. The molecule has 0 bridgehead atoms. The first-order valence-electron chi connectivity index (χ1n) is 12.3. The molecule has 2 heterocycles. The number of rotatable bonds is 6. The molecule has 4 rings (SSSR count). The topological polar surface area (TPSA) is 54.9 Å². The van der Waals surface area contributed by atoms with Gasteiger partial charge in [-0.25, -0.2) is 0 Å². The predicted molar refractivity (Wildman–Crippen MR) is 148 cm³/mol. The van der Waals surface area contributed by atoms with Crippen molar-refractivity contribution in [3.63, 3.8) is 0 Å². The number of nitrogens with one attached hydrogen (secondary N) is 2. The molecule has 2 aromatic carbocycles. The minimum absolute atomic E-state index is 0.0806. The summed E-state index contributed by atoms with van der Waals surface area (Å²) in [6.07, 6.45) is 7.57. The highest BCUT2D eigenvalue weighted by molar-refractivity contribution is 8.13. The summed E-state index contributed by atoms with van der Waals surface area (Å²) < 4.78 is 11.9. The number of hydrogen-bond acceptors (Lipinski definition) is 5. The first kappa shape index (κ1) is 25.2. The van der Waals surface area contributed by atoms with E-state index in [0.717, 1.165) is 35.2 Å². The van der Waals surface area contributed by atoms with Crippen molar-refractivity contribution in [3.8, 4) is 11.5 Å². The van der Waals surface area contributed by atoms with Crippen LogP contribution >= 0.6 is 11.8 Å². The Bertz CT molecular complexity index is 1140. The van der Waals surface area contributed by atoms with Crippen LogP contribution in [0.5, 0.6) is 11.5 Å². The van der Waals surface area contributed by atoms with Crippen LogP contribution in [0.3, 0.4) is 0 Å². The third-order valence-electron chi connectivity index (χ3n) is 7.01. The molecule has 0 amide bonds. The number of fused-ring (bicyclic) bond motifs is 4. The zero-order valence-corrected chi connectivity index (χ0v) is 22.5. The Morgan fingerprint density at radius 3 is 2.89 bits per heavy atom. The summed E-state index contributed by atoms with van der Waals surface area (Å²) in [6.45, 7) is 10.3. The lowest BCUT2D eigenvalue weighted by molar-refractivity contribution is 0.133. The predicted octanol–water partition coefficient (Wildman–Crippen LogP) is 6.73. The highest BCUT2D eigenvalue weighted by atomic mass is 32.2. The summed E-state index contributed by atoms with van der Waals surface area (Å²) in [6, 6.07) is 12.9. The molecule has 2 atom stereocenters. The van der Waals surface area contributed by atoms with Crippen LogP contribution in [-0.2, 0) is 5.41 Å². The van der Waals surface area contributed by atoms with E-state index >= 15 is 0 Å². The second-order valence-corrected chi connectivity index (χ2v) is 10.7. The van der Waals surface area contributed by atoms with E-state index < -0.39 is 0 Å². The number of ether oxygens (including phenoxy) is 2. The summed E-state index contributed by atoms with van der Waals surface area (Å²) in [5, 5.41) is 8.17. The molecule has 2 unspecified atom stereocenters. The number of methoxy groups -OCH3 is 1. The molecule has 35 heavy (non-hydrogen) atoms. The van der Waals surface area contributed by atoms with Crippen molar-refractivity contribution >= 4 is 22.6 Å². The van der Waals surface area contributed by atoms with E-state index in [9.17, 15) is 0 Å². The van der Waals surface area contributed by atoms with E-state index in [2.05, 4.69) is 79.7 Å². The fourth-order valence-corrected chi connectivity index (χ4v) is 5.75. The normalized spacial score (nSPS) is 20.9. The molecule has 0 saturated heterocycles. The van der Waals surface area contributed by atoms with Crippen molar-refractivity contribution in [1.82, 2.24) is 5.32 Å². The molecule has 6 heteroatoms. The van der Waals surface area contributed by atoms with Crippen molar-refractivity contribution in [2.75, 3.05) is 32.6 Å². The molecule has 0 aliphatic carbocycles. The monoisotopic (exact) mass is 491 g/mol. The molecule has 0 spiro atoms. The molecule has 0 fully saturated rings. The second kappa shape index (κ2) is 10.8. The van der Waals surface area contributed by atoms with E-state index in [1.807, 2.05) is 25.2 Å². The highest BCUT2D eigenvalue weighted by Gasteiger charge is 2.47. The summed E-state index contributed by atoms with van der Waals surface area (Å²) >= 11 is 1.67. The van der Waals surface area contributed by atoms with Crippen LogP contribution in [0, 0.1) is 5.92 Å². The summed E-state index contributed by atoms with van der Waals surface area (Å²) in [5.41, 5.74) is 4.77. The number of benzene rings is 2. The van der Waals surface area contributed by atoms with Gasteiger partial charge in [0.15, 0.2) is 5.17 Å². The number of amidine groups is 1. The molecule has 2 N–H and O–H groups in total. The fraction of sp³-hybridized carbons (Fsp3) is 0.414. The molecular weight excluding hydrogens is 454 g/mol. The Balaban J connectivity index is 1.55. The van der Waals surface area contributed by atoms with Crippen molar-refractivity contribution in [3.05, 3.63) is 71.3 Å². The maximum atomic E-state index is 6.22. The molecule has 2 aromatic rings. The zero-order chi connectivity index (χ0) is 25.0. The van der Waals surface area contributed by atoms with Crippen LogP contribution < -0.4 is 20.1 Å². The second-order valence-electron chi connectivity index (χ2n) is 9.61. The van der Waals surface area contributed by atoms with E-state index in [1.54, 1.807) is 18.9 Å². The number of aliphatic imine (C=N–C) groups is 1. The fourth-order valence-electron chi connectivity index (χ4n) is 4.97. The van der Waals surface area contributed by atoms with Gasteiger partial charge in [-0.15, -0.1) is 0 Å². The van der Waals surface area contributed by atoms with Gasteiger partial charge >= 0.3 is 0 Å². The third kappa shape index (κ3) is 5.22. The molecular formula is C29H37N3O2S. The first-order valence-corrected chi connectivity index (χ1v) is 13.1. The largest absolute Gasteiger partial charge is 0.496 e. The van der Waals surface area contributed by atoms with Crippen LogP contribution in [-0.4, -0.2) is 32.5 Å². The Kier molecular flexibility index (Phi) is 7.80. The molecule has 2 aliphatic rings. The quantitative estimate of drug-likeness (QED) is 0.203. The standard InChI is InChI=1S/C29H37N3O2S/c1-7-8-10-19(2)15-16-31-28(30-5)35-20-13-14-23-21(17-20)29(3,4)22-18-34-25-12-9-11-24(33-6)26(25)27(22)32-23/h8-15,17,22,27,32H,7,16,18H2,1-6H3,(H,30,31)/b10-8-,19-15-. The van der Waals surface area contributed by atoms with Crippen LogP contribution in [0.25, 0.3) is 0 Å². The van der Waals surface area contributed by atoms with Gasteiger partial charge < -0.3 is 20.1 Å². The van der Waals surface area contributed by atoms with Gasteiger partial charge in [0.1, 0.15) is 11.5 Å². The van der Waals surface area contributed by atoms with Crippen LogP contribution in [0.2, 0.25) is 0 Å².